The number of allylic oxidation sites excluding steroid dienone is 2. The molecular weight excluding hydrogens is 412 g/mol. The summed E-state index contributed by atoms with van der Waals surface area (Å²) >= 11 is 0. The zero-order valence-corrected chi connectivity index (χ0v) is 18.0. The third-order valence-electron chi connectivity index (χ3n) is 4.89. The smallest absolute Gasteiger partial charge is 0.343 e. The monoisotopic (exact) mass is 436 g/mol. The molecule has 7 heteroatoms. The molecule has 0 heterocycles. The molecule has 1 saturated carbocycles. The predicted molar refractivity (Wildman–Crippen MR) is 118 cm³/mol. The van der Waals surface area contributed by atoms with E-state index in [0.29, 0.717) is 46.6 Å². The molecule has 32 heavy (non-hydrogen) atoms. The second-order valence-corrected chi connectivity index (χ2v) is 6.97. The molecule has 1 fully saturated rings. The Kier molecular flexibility index (Phi) is 7.80. The lowest BCUT2D eigenvalue weighted by Crippen LogP contribution is -2.13. The number of methoxy groups -OCH3 is 2. The summed E-state index contributed by atoms with van der Waals surface area (Å²) in [7, 11) is 2.59. The van der Waals surface area contributed by atoms with Crippen molar-refractivity contribution in [3.05, 3.63) is 70.8 Å². The quantitative estimate of drug-likeness (QED) is 0.461. The Morgan fingerprint density at radius 2 is 1.16 bits per heavy atom. The highest BCUT2D eigenvalue weighted by molar-refractivity contribution is 6.15. The summed E-state index contributed by atoms with van der Waals surface area (Å²) in [6.07, 6.45) is 4.74. The SMILES string of the molecule is COC(=O)COc1ccccc1C=C1CCC(=Cc2ccccc2OCC(=O)OC)C1=O. The summed E-state index contributed by atoms with van der Waals surface area (Å²) in [5.41, 5.74) is 2.72. The van der Waals surface area contributed by atoms with Gasteiger partial charge in [-0.05, 0) is 37.1 Å². The van der Waals surface area contributed by atoms with Gasteiger partial charge in [-0.15, -0.1) is 0 Å². The van der Waals surface area contributed by atoms with Crippen LogP contribution in [0.1, 0.15) is 24.0 Å². The van der Waals surface area contributed by atoms with Gasteiger partial charge in [-0.3, -0.25) is 4.79 Å². The Balaban J connectivity index is 1.79. The van der Waals surface area contributed by atoms with Crippen LogP contribution in [-0.4, -0.2) is 45.2 Å². The van der Waals surface area contributed by atoms with E-state index >= 15 is 0 Å². The second kappa shape index (κ2) is 10.9. The zero-order valence-electron chi connectivity index (χ0n) is 18.0. The van der Waals surface area contributed by atoms with Gasteiger partial charge in [0.2, 0.25) is 0 Å². The van der Waals surface area contributed by atoms with Crippen molar-refractivity contribution < 1.29 is 33.3 Å². The molecule has 0 N–H and O–H groups in total. The lowest BCUT2D eigenvalue weighted by molar-refractivity contribution is -0.143. The number of carbonyl (C=O) groups excluding carboxylic acids is 3. The molecule has 0 spiro atoms. The van der Waals surface area contributed by atoms with Crippen LogP contribution in [0.15, 0.2) is 59.7 Å². The summed E-state index contributed by atoms with van der Waals surface area (Å²) in [5, 5.41) is 0. The van der Waals surface area contributed by atoms with E-state index in [1.54, 1.807) is 36.4 Å². The maximum Gasteiger partial charge on any atom is 0.343 e. The summed E-state index contributed by atoms with van der Waals surface area (Å²) in [6, 6.07) is 14.4. The number of ether oxygens (including phenoxy) is 4. The Labute approximate surface area is 186 Å². The molecule has 0 bridgehead atoms. The maximum absolute atomic E-state index is 13.0. The molecular formula is C25H24O7. The Morgan fingerprint density at radius 1 is 0.750 bits per heavy atom. The van der Waals surface area contributed by atoms with E-state index in [1.165, 1.54) is 14.2 Å². The van der Waals surface area contributed by atoms with Gasteiger partial charge >= 0.3 is 11.9 Å². The number of benzene rings is 2. The average Bonchev–Trinajstić information content (AvgIpc) is 3.16. The van der Waals surface area contributed by atoms with Crippen molar-refractivity contribution in [2.45, 2.75) is 12.8 Å². The van der Waals surface area contributed by atoms with Gasteiger partial charge in [-0.25, -0.2) is 9.59 Å². The maximum atomic E-state index is 13.0. The lowest BCUT2D eigenvalue weighted by Gasteiger charge is -2.09. The van der Waals surface area contributed by atoms with Gasteiger partial charge in [0.15, 0.2) is 19.0 Å². The van der Waals surface area contributed by atoms with Crippen molar-refractivity contribution in [1.29, 1.82) is 0 Å². The molecule has 0 atom stereocenters. The third kappa shape index (κ3) is 5.85. The molecule has 0 unspecified atom stereocenters. The molecule has 2 aromatic rings. The van der Waals surface area contributed by atoms with Gasteiger partial charge in [0.25, 0.3) is 0 Å². The van der Waals surface area contributed by atoms with Crippen molar-refractivity contribution in [3.8, 4) is 11.5 Å². The van der Waals surface area contributed by atoms with Gasteiger partial charge in [0.05, 0.1) is 14.2 Å². The van der Waals surface area contributed by atoms with Crippen LogP contribution in [0.3, 0.4) is 0 Å². The highest BCUT2D eigenvalue weighted by Crippen LogP contribution is 2.33. The van der Waals surface area contributed by atoms with E-state index in [1.807, 2.05) is 24.3 Å². The van der Waals surface area contributed by atoms with Crippen molar-refractivity contribution in [1.82, 2.24) is 0 Å². The van der Waals surface area contributed by atoms with Gasteiger partial charge in [-0.1, -0.05) is 36.4 Å². The molecule has 166 valence electrons. The summed E-state index contributed by atoms with van der Waals surface area (Å²) in [5.74, 6) is -0.0321. The standard InChI is InChI=1S/C25H24O7/c1-29-23(26)15-31-21-9-5-3-7-17(21)13-19-11-12-20(25(19)28)14-18-8-4-6-10-22(18)32-16-24(27)30-2/h3-10,13-14H,11-12,15-16H2,1-2H3. The van der Waals surface area contributed by atoms with E-state index in [0.717, 1.165) is 0 Å². The highest BCUT2D eigenvalue weighted by Gasteiger charge is 2.24. The normalized spacial score (nSPS) is 15.6. The molecule has 0 amide bonds. The van der Waals surface area contributed by atoms with E-state index in [4.69, 9.17) is 9.47 Å². The Hall–Kier alpha value is -3.87. The summed E-state index contributed by atoms with van der Waals surface area (Å²) in [6.45, 7) is -0.420. The first-order chi connectivity index (χ1) is 15.5. The fraction of sp³-hybridized carbons (Fsp3) is 0.240. The number of ketones is 1. The largest absolute Gasteiger partial charge is 0.481 e. The fourth-order valence-electron chi connectivity index (χ4n) is 3.21. The summed E-state index contributed by atoms with van der Waals surface area (Å²) < 4.78 is 20.3. The minimum atomic E-state index is -0.484. The van der Waals surface area contributed by atoms with E-state index in [9.17, 15) is 14.4 Å². The molecule has 1 aliphatic carbocycles. The molecule has 7 nitrogen and oxygen atoms in total. The first-order valence-corrected chi connectivity index (χ1v) is 10.0. The second-order valence-electron chi connectivity index (χ2n) is 6.97. The lowest BCUT2D eigenvalue weighted by atomic mass is 10.1. The van der Waals surface area contributed by atoms with Crippen LogP contribution in [0.4, 0.5) is 0 Å². The number of rotatable bonds is 8. The highest BCUT2D eigenvalue weighted by atomic mass is 16.6. The van der Waals surface area contributed by atoms with Crippen LogP contribution in [0, 0.1) is 0 Å². The number of Topliss-reactive ketones (excluding diaryl/α,β-unsaturated/α-hetero) is 1. The van der Waals surface area contributed by atoms with Gasteiger partial charge in [0, 0.05) is 22.3 Å². The van der Waals surface area contributed by atoms with Crippen LogP contribution >= 0.6 is 0 Å². The minimum absolute atomic E-state index is 0.0597. The van der Waals surface area contributed by atoms with Crippen molar-refractivity contribution in [2.75, 3.05) is 27.4 Å². The number of esters is 2. The van der Waals surface area contributed by atoms with Gasteiger partial charge < -0.3 is 18.9 Å². The Bertz CT molecular complexity index is 982. The van der Waals surface area contributed by atoms with Gasteiger partial charge in [-0.2, -0.15) is 0 Å². The van der Waals surface area contributed by atoms with E-state index in [2.05, 4.69) is 9.47 Å². The topological polar surface area (TPSA) is 88.1 Å². The number of para-hydroxylation sites is 2. The summed E-state index contributed by atoms with van der Waals surface area (Å²) in [4.78, 5) is 35.8. The zero-order chi connectivity index (χ0) is 22.9. The molecule has 0 aromatic heterocycles. The van der Waals surface area contributed by atoms with Crippen LogP contribution < -0.4 is 9.47 Å². The number of hydrogen-bond donors (Lipinski definition) is 0. The first kappa shape index (κ1) is 22.8. The van der Waals surface area contributed by atoms with Crippen molar-refractivity contribution in [3.63, 3.8) is 0 Å². The molecule has 1 aliphatic rings. The third-order valence-corrected chi connectivity index (χ3v) is 4.89. The van der Waals surface area contributed by atoms with Crippen molar-refractivity contribution >= 4 is 29.9 Å². The number of carbonyl (C=O) groups is 3. The number of hydrogen-bond acceptors (Lipinski definition) is 7. The Morgan fingerprint density at radius 3 is 1.56 bits per heavy atom. The fourth-order valence-corrected chi connectivity index (χ4v) is 3.21. The first-order valence-electron chi connectivity index (χ1n) is 10.0. The molecule has 2 aromatic carbocycles. The van der Waals surface area contributed by atoms with Crippen LogP contribution in [-0.2, 0) is 23.9 Å². The predicted octanol–water partition coefficient (Wildman–Crippen LogP) is 3.62. The molecule has 0 radical (unpaired) electrons. The molecule has 0 aliphatic heterocycles. The van der Waals surface area contributed by atoms with Crippen molar-refractivity contribution in [2.24, 2.45) is 0 Å². The van der Waals surface area contributed by atoms with Crippen LogP contribution in [0.5, 0.6) is 11.5 Å². The van der Waals surface area contributed by atoms with E-state index < -0.39 is 11.9 Å². The molecule has 3 rings (SSSR count). The average molecular weight is 436 g/mol. The van der Waals surface area contributed by atoms with Crippen LogP contribution in [0.2, 0.25) is 0 Å². The van der Waals surface area contributed by atoms with Gasteiger partial charge in [0.1, 0.15) is 11.5 Å². The van der Waals surface area contributed by atoms with E-state index in [-0.39, 0.29) is 19.0 Å². The molecule has 0 saturated heterocycles. The minimum Gasteiger partial charge on any atom is -0.481 e. The van der Waals surface area contributed by atoms with Crippen LogP contribution in [0.25, 0.3) is 12.2 Å².